The van der Waals surface area contributed by atoms with E-state index in [2.05, 4.69) is 23.1 Å². The van der Waals surface area contributed by atoms with E-state index in [-0.39, 0.29) is 0 Å². The topological polar surface area (TPSA) is 15.3 Å². The van der Waals surface area contributed by atoms with Crippen molar-refractivity contribution in [2.24, 2.45) is 0 Å². The van der Waals surface area contributed by atoms with E-state index in [0.29, 0.717) is 0 Å². The highest BCUT2D eigenvalue weighted by atomic mass is 15.1. The fourth-order valence-electron chi connectivity index (χ4n) is 1.35. The number of nitrogens with zero attached hydrogens (tertiary/aromatic N) is 1. The third kappa shape index (κ3) is 7.83. The molecule has 13 heavy (non-hydrogen) atoms. The molecule has 0 fully saturated rings. The van der Waals surface area contributed by atoms with Crippen molar-refractivity contribution in [3.8, 4) is 12.3 Å². The predicted molar refractivity (Wildman–Crippen MR) is 58.7 cm³/mol. The summed E-state index contributed by atoms with van der Waals surface area (Å²) in [6, 6.07) is 0. The summed E-state index contributed by atoms with van der Waals surface area (Å²) in [5.74, 6) is 2.70. The van der Waals surface area contributed by atoms with Gasteiger partial charge in [-0.05, 0) is 45.9 Å². The van der Waals surface area contributed by atoms with E-state index in [1.54, 1.807) is 0 Å². The van der Waals surface area contributed by atoms with Gasteiger partial charge in [-0.1, -0.05) is 12.8 Å². The van der Waals surface area contributed by atoms with Gasteiger partial charge in [0.15, 0.2) is 0 Å². The molecule has 0 heterocycles. The summed E-state index contributed by atoms with van der Waals surface area (Å²) in [4.78, 5) is 2.34. The predicted octanol–water partition coefficient (Wildman–Crippen LogP) is 1.33. The highest BCUT2D eigenvalue weighted by Crippen LogP contribution is 1.95. The molecule has 0 spiro atoms. The largest absolute Gasteiger partial charge is 0.320 e. The Morgan fingerprint density at radius 1 is 1.31 bits per heavy atom. The number of terminal acetylenes is 1. The summed E-state index contributed by atoms with van der Waals surface area (Å²) in [6.45, 7) is 6.37. The lowest BCUT2D eigenvalue weighted by Gasteiger charge is -2.18. The van der Waals surface area contributed by atoms with Crippen molar-refractivity contribution in [2.45, 2.75) is 26.2 Å². The van der Waals surface area contributed by atoms with Crippen molar-refractivity contribution in [1.82, 2.24) is 10.2 Å². The van der Waals surface area contributed by atoms with Crippen molar-refractivity contribution >= 4 is 0 Å². The van der Waals surface area contributed by atoms with Crippen molar-refractivity contribution in [3.63, 3.8) is 0 Å². The normalized spacial score (nSPS) is 10.3. The molecule has 0 unspecified atom stereocenters. The van der Waals surface area contributed by atoms with E-state index in [0.717, 1.165) is 26.2 Å². The van der Waals surface area contributed by atoms with Crippen LogP contribution in [0.2, 0.25) is 0 Å². The first-order valence-electron chi connectivity index (χ1n) is 5.15. The van der Waals surface area contributed by atoms with Crippen LogP contribution in [0.25, 0.3) is 0 Å². The fraction of sp³-hybridized carbons (Fsp3) is 0.818. The Balaban J connectivity index is 3.40. The smallest absolute Gasteiger partial charge is 0.0598 e. The number of hydrogen-bond acceptors (Lipinski definition) is 2. The highest BCUT2D eigenvalue weighted by Gasteiger charge is 2.00. The summed E-state index contributed by atoms with van der Waals surface area (Å²) in [5, 5.41) is 3.15. The van der Waals surface area contributed by atoms with E-state index in [9.17, 15) is 0 Å². The van der Waals surface area contributed by atoms with Gasteiger partial charge in [-0.25, -0.2) is 0 Å². The maximum Gasteiger partial charge on any atom is 0.0598 e. The number of hydrogen-bond donors (Lipinski definition) is 1. The van der Waals surface area contributed by atoms with Crippen LogP contribution in [0.4, 0.5) is 0 Å². The summed E-state index contributed by atoms with van der Waals surface area (Å²) >= 11 is 0. The van der Waals surface area contributed by atoms with Crippen LogP contribution in [0.5, 0.6) is 0 Å². The van der Waals surface area contributed by atoms with Gasteiger partial charge in [0.1, 0.15) is 0 Å². The molecule has 0 rings (SSSR count). The Bertz CT molecular complexity index is 138. The molecule has 1 N–H and O–H groups in total. The van der Waals surface area contributed by atoms with Gasteiger partial charge in [0.25, 0.3) is 0 Å². The average molecular weight is 182 g/mol. The zero-order valence-corrected chi connectivity index (χ0v) is 8.97. The minimum atomic E-state index is 0.799. The second-order valence-corrected chi connectivity index (χ2v) is 3.29. The standard InChI is InChI=1S/C11H22N2/c1-4-9-13(10-5-2)11-7-6-8-12-3/h1,12H,5-11H2,2-3H3. The van der Waals surface area contributed by atoms with Crippen LogP contribution in [-0.4, -0.2) is 38.1 Å². The minimum Gasteiger partial charge on any atom is -0.320 e. The average Bonchev–Trinajstić information content (AvgIpc) is 2.13. The van der Waals surface area contributed by atoms with Gasteiger partial charge in [0, 0.05) is 0 Å². The molecule has 0 amide bonds. The Kier molecular flexibility index (Phi) is 9.18. The van der Waals surface area contributed by atoms with Crippen LogP contribution in [0.1, 0.15) is 26.2 Å². The summed E-state index contributed by atoms with van der Waals surface area (Å²) in [7, 11) is 1.99. The third-order valence-corrected chi connectivity index (χ3v) is 2.01. The molecule has 0 aliphatic rings. The SMILES string of the molecule is C#CCN(CCC)CCCCNC. The molecule has 2 heteroatoms. The minimum absolute atomic E-state index is 0.799. The van der Waals surface area contributed by atoms with E-state index < -0.39 is 0 Å². The van der Waals surface area contributed by atoms with Crippen LogP contribution in [-0.2, 0) is 0 Å². The van der Waals surface area contributed by atoms with Gasteiger partial charge >= 0.3 is 0 Å². The van der Waals surface area contributed by atoms with Gasteiger partial charge in [-0.3, -0.25) is 4.90 Å². The van der Waals surface area contributed by atoms with Gasteiger partial charge < -0.3 is 5.32 Å². The highest BCUT2D eigenvalue weighted by molar-refractivity contribution is 4.87. The van der Waals surface area contributed by atoms with Crippen LogP contribution in [0.3, 0.4) is 0 Å². The molecule has 0 saturated carbocycles. The van der Waals surface area contributed by atoms with Crippen LogP contribution < -0.4 is 5.32 Å². The first-order chi connectivity index (χ1) is 6.35. The molecule has 0 atom stereocenters. The first-order valence-corrected chi connectivity index (χ1v) is 5.15. The molecular weight excluding hydrogens is 160 g/mol. The van der Waals surface area contributed by atoms with Gasteiger partial charge in [-0.2, -0.15) is 0 Å². The Labute approximate surface area is 82.7 Å². The van der Waals surface area contributed by atoms with E-state index in [4.69, 9.17) is 6.42 Å². The molecule has 2 nitrogen and oxygen atoms in total. The molecule has 0 aromatic heterocycles. The first kappa shape index (κ1) is 12.5. The van der Waals surface area contributed by atoms with Crippen molar-refractivity contribution in [1.29, 1.82) is 0 Å². The molecule has 0 aliphatic heterocycles. The summed E-state index contributed by atoms with van der Waals surface area (Å²) in [5.41, 5.74) is 0. The van der Waals surface area contributed by atoms with Gasteiger partial charge in [0.2, 0.25) is 0 Å². The lowest BCUT2D eigenvalue weighted by molar-refractivity contribution is 0.300. The quantitative estimate of drug-likeness (QED) is 0.450. The summed E-state index contributed by atoms with van der Waals surface area (Å²) in [6.07, 6.45) is 8.95. The third-order valence-electron chi connectivity index (χ3n) is 2.01. The van der Waals surface area contributed by atoms with Crippen molar-refractivity contribution in [2.75, 3.05) is 33.2 Å². The second-order valence-electron chi connectivity index (χ2n) is 3.29. The summed E-state index contributed by atoms with van der Waals surface area (Å²) < 4.78 is 0. The number of nitrogens with one attached hydrogen (secondary N) is 1. The Hall–Kier alpha value is -0.520. The van der Waals surface area contributed by atoms with Crippen molar-refractivity contribution in [3.05, 3.63) is 0 Å². The fourth-order valence-corrected chi connectivity index (χ4v) is 1.35. The molecule has 0 saturated heterocycles. The van der Waals surface area contributed by atoms with Crippen LogP contribution in [0, 0.1) is 12.3 Å². The lowest BCUT2D eigenvalue weighted by Crippen LogP contribution is -2.26. The van der Waals surface area contributed by atoms with Crippen LogP contribution in [0.15, 0.2) is 0 Å². The maximum atomic E-state index is 5.29. The number of unbranched alkanes of at least 4 members (excludes halogenated alkanes) is 1. The zero-order valence-electron chi connectivity index (χ0n) is 8.97. The second kappa shape index (κ2) is 9.57. The molecule has 0 aromatic carbocycles. The molecular formula is C11H22N2. The molecule has 0 aromatic rings. The van der Waals surface area contributed by atoms with E-state index >= 15 is 0 Å². The molecule has 0 radical (unpaired) electrons. The maximum absolute atomic E-state index is 5.29. The molecule has 0 bridgehead atoms. The molecule has 0 aliphatic carbocycles. The Morgan fingerprint density at radius 3 is 2.62 bits per heavy atom. The van der Waals surface area contributed by atoms with Gasteiger partial charge in [-0.15, -0.1) is 6.42 Å². The molecule has 76 valence electrons. The van der Waals surface area contributed by atoms with Crippen molar-refractivity contribution < 1.29 is 0 Å². The lowest BCUT2D eigenvalue weighted by atomic mass is 10.2. The monoisotopic (exact) mass is 182 g/mol. The van der Waals surface area contributed by atoms with E-state index in [1.807, 2.05) is 7.05 Å². The number of rotatable bonds is 8. The zero-order chi connectivity index (χ0) is 9.94. The van der Waals surface area contributed by atoms with E-state index in [1.165, 1.54) is 19.3 Å². The van der Waals surface area contributed by atoms with Crippen LogP contribution >= 0.6 is 0 Å². The van der Waals surface area contributed by atoms with Gasteiger partial charge in [0.05, 0.1) is 6.54 Å². The Morgan fingerprint density at radius 2 is 2.08 bits per heavy atom.